The molecule has 1 aliphatic heterocycles. The maximum atomic E-state index is 9.72. The first-order chi connectivity index (χ1) is 7.27. The number of aliphatic hydroxyl groups excluding tert-OH is 1. The first kappa shape index (κ1) is 9.22. The zero-order chi connectivity index (χ0) is 10.4. The standard InChI is InChI=1S/C13H17NO/c1-9-11-4-2-3-5-13(11)14-8-10(15)6-7-12(9)14/h4-5,10,15H,2-3,6-8H2,1H3. The van der Waals surface area contributed by atoms with Crippen molar-refractivity contribution in [1.82, 2.24) is 4.57 Å². The highest BCUT2D eigenvalue weighted by Crippen LogP contribution is 2.15. The molecule has 1 aromatic rings. The van der Waals surface area contributed by atoms with Crippen LogP contribution in [0, 0.1) is 6.92 Å². The molecule has 0 saturated heterocycles. The SMILES string of the molecule is Cc1c2n(c3c1=CCCC=3)CC(O)CC2. The van der Waals surface area contributed by atoms with Crippen molar-refractivity contribution in [2.75, 3.05) is 0 Å². The third-order valence-corrected chi connectivity index (χ3v) is 3.69. The number of nitrogens with zero attached hydrogens (tertiary/aromatic N) is 1. The molecule has 1 aliphatic carbocycles. The number of fused-ring (bicyclic) bond motifs is 3. The molecule has 0 fully saturated rings. The molecule has 2 heterocycles. The Hall–Kier alpha value is -1.02. The minimum absolute atomic E-state index is 0.149. The van der Waals surface area contributed by atoms with Gasteiger partial charge < -0.3 is 9.67 Å². The van der Waals surface area contributed by atoms with Gasteiger partial charge in [0.1, 0.15) is 0 Å². The van der Waals surface area contributed by atoms with Crippen molar-refractivity contribution in [3.05, 3.63) is 21.8 Å². The Morgan fingerprint density at radius 1 is 1.33 bits per heavy atom. The van der Waals surface area contributed by atoms with Crippen molar-refractivity contribution < 1.29 is 5.11 Å². The van der Waals surface area contributed by atoms with Crippen LogP contribution in [0.5, 0.6) is 0 Å². The van der Waals surface area contributed by atoms with E-state index in [-0.39, 0.29) is 6.10 Å². The molecule has 0 bridgehead atoms. The smallest absolute Gasteiger partial charge is 0.0723 e. The van der Waals surface area contributed by atoms with Crippen LogP contribution in [0.25, 0.3) is 12.2 Å². The molecule has 0 radical (unpaired) electrons. The van der Waals surface area contributed by atoms with E-state index in [0.717, 1.165) is 25.8 Å². The van der Waals surface area contributed by atoms with Crippen molar-refractivity contribution >= 4 is 12.2 Å². The second kappa shape index (κ2) is 3.24. The lowest BCUT2D eigenvalue weighted by Crippen LogP contribution is -2.36. The van der Waals surface area contributed by atoms with Gasteiger partial charge in [-0.25, -0.2) is 0 Å². The first-order valence-electron chi connectivity index (χ1n) is 5.84. The summed E-state index contributed by atoms with van der Waals surface area (Å²) in [5, 5.41) is 12.5. The molecule has 0 saturated carbocycles. The Kier molecular flexibility index (Phi) is 1.99. The molecule has 2 heteroatoms. The van der Waals surface area contributed by atoms with Crippen LogP contribution >= 0.6 is 0 Å². The molecule has 3 rings (SSSR count). The Bertz CT molecular complexity index is 510. The lowest BCUT2D eigenvalue weighted by Gasteiger charge is -2.21. The van der Waals surface area contributed by atoms with E-state index in [4.69, 9.17) is 0 Å². The Morgan fingerprint density at radius 3 is 3.00 bits per heavy atom. The summed E-state index contributed by atoms with van der Waals surface area (Å²) in [5.41, 5.74) is 2.88. The number of hydrogen-bond donors (Lipinski definition) is 1. The average Bonchev–Trinajstić information content (AvgIpc) is 2.54. The predicted molar refractivity (Wildman–Crippen MR) is 60.9 cm³/mol. The predicted octanol–water partition coefficient (Wildman–Crippen LogP) is 0.458. The zero-order valence-corrected chi connectivity index (χ0v) is 9.16. The fourth-order valence-corrected chi connectivity index (χ4v) is 2.90. The van der Waals surface area contributed by atoms with E-state index in [9.17, 15) is 5.11 Å². The maximum absolute atomic E-state index is 9.72. The molecule has 1 aromatic heterocycles. The summed E-state index contributed by atoms with van der Waals surface area (Å²) in [5.74, 6) is 0. The molecular weight excluding hydrogens is 186 g/mol. The molecule has 2 aliphatic rings. The summed E-state index contributed by atoms with van der Waals surface area (Å²) in [6.07, 6.45) is 8.78. The Morgan fingerprint density at radius 2 is 2.13 bits per heavy atom. The number of aromatic nitrogens is 1. The van der Waals surface area contributed by atoms with Gasteiger partial charge in [-0.3, -0.25) is 0 Å². The third-order valence-electron chi connectivity index (χ3n) is 3.69. The fourth-order valence-electron chi connectivity index (χ4n) is 2.90. The number of hydrogen-bond acceptors (Lipinski definition) is 1. The van der Waals surface area contributed by atoms with Gasteiger partial charge in [-0.15, -0.1) is 0 Å². The maximum Gasteiger partial charge on any atom is 0.0723 e. The van der Waals surface area contributed by atoms with Gasteiger partial charge in [0.05, 0.1) is 6.10 Å². The molecule has 1 N–H and O–H groups in total. The lowest BCUT2D eigenvalue weighted by molar-refractivity contribution is 0.130. The van der Waals surface area contributed by atoms with Crippen molar-refractivity contribution in [2.45, 2.75) is 45.3 Å². The van der Waals surface area contributed by atoms with E-state index >= 15 is 0 Å². The fraction of sp³-hybridized carbons (Fsp3) is 0.538. The van der Waals surface area contributed by atoms with Crippen molar-refractivity contribution in [3.63, 3.8) is 0 Å². The number of aliphatic hydroxyl groups is 1. The van der Waals surface area contributed by atoms with Crippen LogP contribution in [0.3, 0.4) is 0 Å². The van der Waals surface area contributed by atoms with E-state index in [2.05, 4.69) is 23.6 Å². The molecule has 80 valence electrons. The van der Waals surface area contributed by atoms with E-state index in [1.54, 1.807) is 0 Å². The van der Waals surface area contributed by atoms with Gasteiger partial charge in [0, 0.05) is 17.6 Å². The topological polar surface area (TPSA) is 25.2 Å². The summed E-state index contributed by atoms with van der Waals surface area (Å²) < 4.78 is 2.33. The Labute approximate surface area is 89.5 Å². The Balaban J connectivity index is 2.32. The second-order valence-electron chi connectivity index (χ2n) is 4.66. The molecule has 1 unspecified atom stereocenters. The minimum Gasteiger partial charge on any atom is -0.391 e. The summed E-state index contributed by atoms with van der Waals surface area (Å²) in [6.45, 7) is 3.01. The van der Waals surface area contributed by atoms with E-state index < -0.39 is 0 Å². The minimum atomic E-state index is -0.149. The van der Waals surface area contributed by atoms with Crippen LogP contribution in [-0.2, 0) is 13.0 Å². The van der Waals surface area contributed by atoms with Crippen LogP contribution < -0.4 is 10.6 Å². The van der Waals surface area contributed by atoms with Crippen LogP contribution in [0.1, 0.15) is 30.5 Å². The average molecular weight is 203 g/mol. The molecular formula is C13H17NO. The monoisotopic (exact) mass is 203 g/mol. The van der Waals surface area contributed by atoms with Crippen LogP contribution in [0.4, 0.5) is 0 Å². The molecule has 2 nitrogen and oxygen atoms in total. The molecule has 1 atom stereocenters. The summed E-state index contributed by atoms with van der Waals surface area (Å²) in [7, 11) is 0. The largest absolute Gasteiger partial charge is 0.391 e. The number of rotatable bonds is 0. The molecule has 0 spiro atoms. The van der Waals surface area contributed by atoms with Gasteiger partial charge in [-0.2, -0.15) is 0 Å². The third kappa shape index (κ3) is 1.28. The highest BCUT2D eigenvalue weighted by atomic mass is 16.3. The van der Waals surface area contributed by atoms with Gasteiger partial charge in [0.2, 0.25) is 0 Å². The van der Waals surface area contributed by atoms with Crippen LogP contribution in [0.15, 0.2) is 0 Å². The van der Waals surface area contributed by atoms with Crippen molar-refractivity contribution in [2.24, 2.45) is 0 Å². The van der Waals surface area contributed by atoms with Crippen molar-refractivity contribution in [1.29, 1.82) is 0 Å². The molecule has 0 amide bonds. The summed E-state index contributed by atoms with van der Waals surface area (Å²) in [4.78, 5) is 0. The van der Waals surface area contributed by atoms with Gasteiger partial charge in [-0.1, -0.05) is 12.2 Å². The normalized spacial score (nSPS) is 23.7. The van der Waals surface area contributed by atoms with Crippen molar-refractivity contribution in [3.8, 4) is 0 Å². The van der Waals surface area contributed by atoms with Crippen LogP contribution in [-0.4, -0.2) is 15.8 Å². The van der Waals surface area contributed by atoms with Gasteiger partial charge >= 0.3 is 0 Å². The highest BCUT2D eigenvalue weighted by molar-refractivity contribution is 5.42. The lowest BCUT2D eigenvalue weighted by atomic mass is 10.0. The van der Waals surface area contributed by atoms with E-state index in [0.29, 0.717) is 0 Å². The molecule has 15 heavy (non-hydrogen) atoms. The first-order valence-corrected chi connectivity index (χ1v) is 5.84. The quantitative estimate of drug-likeness (QED) is 0.651. The van der Waals surface area contributed by atoms with E-state index in [1.165, 1.54) is 28.2 Å². The van der Waals surface area contributed by atoms with Gasteiger partial charge in [0.25, 0.3) is 0 Å². The highest BCUT2D eigenvalue weighted by Gasteiger charge is 2.20. The zero-order valence-electron chi connectivity index (χ0n) is 9.16. The second-order valence-corrected chi connectivity index (χ2v) is 4.66. The van der Waals surface area contributed by atoms with Crippen LogP contribution in [0.2, 0.25) is 0 Å². The molecule has 0 aromatic carbocycles. The summed E-state index contributed by atoms with van der Waals surface area (Å²) >= 11 is 0. The van der Waals surface area contributed by atoms with E-state index in [1.807, 2.05) is 0 Å². The van der Waals surface area contributed by atoms with Gasteiger partial charge in [0.15, 0.2) is 0 Å². The summed E-state index contributed by atoms with van der Waals surface area (Å²) in [6, 6.07) is 0. The van der Waals surface area contributed by atoms with Gasteiger partial charge in [-0.05, 0) is 43.4 Å².